The molecule has 0 spiro atoms. The monoisotopic (exact) mass is 445 g/mol. The third-order valence-electron chi connectivity index (χ3n) is 9.24. The largest absolute Gasteiger partial charge is 0.389 e. The zero-order valence-corrected chi connectivity index (χ0v) is 22.2. The van der Waals surface area contributed by atoms with Gasteiger partial charge >= 0.3 is 0 Å². The van der Waals surface area contributed by atoms with Crippen LogP contribution in [0.5, 0.6) is 0 Å². The maximum absolute atomic E-state index is 11.4. The summed E-state index contributed by atoms with van der Waals surface area (Å²) >= 11 is 0. The molecule has 2 aromatic carbocycles. The van der Waals surface area contributed by atoms with E-state index in [1.165, 1.54) is 55.6 Å². The van der Waals surface area contributed by atoms with Crippen LogP contribution in [0.4, 0.5) is 0 Å². The zero-order chi connectivity index (χ0) is 24.1. The average Bonchev–Trinajstić information content (AvgIpc) is 2.80. The van der Waals surface area contributed by atoms with Crippen LogP contribution in [0.15, 0.2) is 11.6 Å². The molecule has 1 fully saturated rings. The van der Waals surface area contributed by atoms with Crippen molar-refractivity contribution >= 4 is 6.08 Å². The molecule has 0 bridgehead atoms. The minimum Gasteiger partial charge on any atom is -0.389 e. The van der Waals surface area contributed by atoms with E-state index in [4.69, 9.17) is 0 Å². The number of nitrogens with zero attached hydrogens (tertiary/aromatic N) is 1. The van der Waals surface area contributed by atoms with Gasteiger partial charge in [0.05, 0.1) is 5.60 Å². The normalized spacial score (nSPS) is 18.3. The van der Waals surface area contributed by atoms with E-state index >= 15 is 0 Å². The zero-order valence-electron chi connectivity index (χ0n) is 22.2. The van der Waals surface area contributed by atoms with Crippen LogP contribution in [-0.4, -0.2) is 35.2 Å². The molecule has 2 aliphatic rings. The standard InChI is InChI=1S/C31H43NO/c1-19-15-28(24(6)21(3)20(19)2)17-31(33)11-13-32(14-12-31)18-27-9-10-29-25(7)22(4)23(5)26(8)30(29)16-27/h15-16,33H,9-14,17-18H2,1-8H3. The molecule has 178 valence electrons. The quantitative estimate of drug-likeness (QED) is 0.576. The van der Waals surface area contributed by atoms with Crippen LogP contribution >= 0.6 is 0 Å². The van der Waals surface area contributed by atoms with Crippen LogP contribution in [0, 0.1) is 55.4 Å². The molecule has 0 amide bonds. The van der Waals surface area contributed by atoms with Crippen molar-refractivity contribution in [3.05, 3.63) is 72.8 Å². The highest BCUT2D eigenvalue weighted by Crippen LogP contribution is 2.35. The lowest BCUT2D eigenvalue weighted by Crippen LogP contribution is -2.46. The lowest BCUT2D eigenvalue weighted by atomic mass is 9.81. The lowest BCUT2D eigenvalue weighted by molar-refractivity contribution is -0.0188. The number of hydrogen-bond acceptors (Lipinski definition) is 2. The molecule has 1 N–H and O–H groups in total. The Balaban J connectivity index is 1.44. The second kappa shape index (κ2) is 9.04. The van der Waals surface area contributed by atoms with Gasteiger partial charge in [0, 0.05) is 26.1 Å². The summed E-state index contributed by atoms with van der Waals surface area (Å²) in [6.07, 6.45) is 7.31. The van der Waals surface area contributed by atoms with Gasteiger partial charge < -0.3 is 5.11 Å². The van der Waals surface area contributed by atoms with E-state index in [9.17, 15) is 5.11 Å². The number of aliphatic hydroxyl groups is 1. The molecule has 1 aliphatic carbocycles. The summed E-state index contributed by atoms with van der Waals surface area (Å²) in [6, 6.07) is 2.31. The van der Waals surface area contributed by atoms with Crippen molar-refractivity contribution in [2.45, 2.75) is 93.1 Å². The SMILES string of the molecule is Cc1cc(CC2(O)CCN(CC3=Cc4c(C)c(C)c(C)c(C)c4CC3)CC2)c(C)c(C)c1C. The second-order valence-corrected chi connectivity index (χ2v) is 11.1. The van der Waals surface area contributed by atoms with Crippen LogP contribution in [0.25, 0.3) is 6.08 Å². The molecule has 0 aromatic heterocycles. The smallest absolute Gasteiger partial charge is 0.0712 e. The van der Waals surface area contributed by atoms with Crippen molar-refractivity contribution in [2.24, 2.45) is 0 Å². The highest BCUT2D eigenvalue weighted by atomic mass is 16.3. The molecule has 0 radical (unpaired) electrons. The molecule has 1 heterocycles. The molecule has 2 heteroatoms. The molecule has 0 atom stereocenters. The maximum Gasteiger partial charge on any atom is 0.0712 e. The lowest BCUT2D eigenvalue weighted by Gasteiger charge is -2.39. The van der Waals surface area contributed by atoms with Crippen molar-refractivity contribution in [1.29, 1.82) is 0 Å². The number of fused-ring (bicyclic) bond motifs is 1. The van der Waals surface area contributed by atoms with E-state index in [0.29, 0.717) is 0 Å². The molecule has 33 heavy (non-hydrogen) atoms. The van der Waals surface area contributed by atoms with Gasteiger partial charge in [-0.15, -0.1) is 0 Å². The first kappa shape index (κ1) is 24.2. The van der Waals surface area contributed by atoms with E-state index in [1.807, 2.05) is 0 Å². The highest BCUT2D eigenvalue weighted by Gasteiger charge is 2.33. The number of likely N-dealkylation sites (tertiary alicyclic amines) is 1. The summed E-state index contributed by atoms with van der Waals surface area (Å²) in [6.45, 7) is 21.0. The van der Waals surface area contributed by atoms with Crippen LogP contribution in [0.1, 0.15) is 80.5 Å². The Hall–Kier alpha value is -1.90. The maximum atomic E-state index is 11.4. The van der Waals surface area contributed by atoms with Crippen LogP contribution in [0.3, 0.4) is 0 Å². The summed E-state index contributed by atoms with van der Waals surface area (Å²) < 4.78 is 0. The summed E-state index contributed by atoms with van der Waals surface area (Å²) in [5.74, 6) is 0. The highest BCUT2D eigenvalue weighted by molar-refractivity contribution is 5.67. The minimum atomic E-state index is -0.578. The van der Waals surface area contributed by atoms with Crippen LogP contribution in [0.2, 0.25) is 0 Å². The van der Waals surface area contributed by atoms with E-state index < -0.39 is 5.60 Å². The van der Waals surface area contributed by atoms with E-state index in [2.05, 4.69) is 72.4 Å². The molecule has 2 aromatic rings. The Morgan fingerprint density at radius 1 is 0.758 bits per heavy atom. The predicted octanol–water partition coefficient (Wildman–Crippen LogP) is 6.55. The Bertz CT molecular complexity index is 1110. The Morgan fingerprint density at radius 2 is 1.36 bits per heavy atom. The van der Waals surface area contributed by atoms with Crippen molar-refractivity contribution in [1.82, 2.24) is 4.90 Å². The van der Waals surface area contributed by atoms with Crippen molar-refractivity contribution in [3.63, 3.8) is 0 Å². The summed E-state index contributed by atoms with van der Waals surface area (Å²) in [7, 11) is 0. The molecular formula is C31H43NO. The number of rotatable bonds is 4. The van der Waals surface area contributed by atoms with Gasteiger partial charge in [0.1, 0.15) is 0 Å². The Morgan fingerprint density at radius 3 is 2.03 bits per heavy atom. The van der Waals surface area contributed by atoms with E-state index in [0.717, 1.165) is 51.7 Å². The van der Waals surface area contributed by atoms with Gasteiger partial charge in [0.25, 0.3) is 0 Å². The van der Waals surface area contributed by atoms with Gasteiger partial charge in [-0.05, 0) is 142 Å². The molecular weight excluding hydrogens is 402 g/mol. The van der Waals surface area contributed by atoms with Crippen molar-refractivity contribution in [2.75, 3.05) is 19.6 Å². The molecule has 2 nitrogen and oxygen atoms in total. The van der Waals surface area contributed by atoms with Gasteiger partial charge in [-0.3, -0.25) is 4.90 Å². The predicted molar refractivity (Wildman–Crippen MR) is 141 cm³/mol. The second-order valence-electron chi connectivity index (χ2n) is 11.1. The van der Waals surface area contributed by atoms with Gasteiger partial charge in [-0.25, -0.2) is 0 Å². The summed E-state index contributed by atoms with van der Waals surface area (Å²) in [5, 5.41) is 11.4. The molecule has 1 saturated heterocycles. The first-order valence-electron chi connectivity index (χ1n) is 12.8. The first-order chi connectivity index (χ1) is 15.5. The fraction of sp³-hybridized carbons (Fsp3) is 0.548. The Kier molecular flexibility index (Phi) is 6.64. The van der Waals surface area contributed by atoms with Crippen molar-refractivity contribution < 1.29 is 5.11 Å². The fourth-order valence-electron chi connectivity index (χ4n) is 6.05. The van der Waals surface area contributed by atoms with Gasteiger partial charge in [-0.2, -0.15) is 0 Å². The minimum absolute atomic E-state index is 0.578. The molecule has 4 rings (SSSR count). The van der Waals surface area contributed by atoms with Crippen LogP contribution in [-0.2, 0) is 12.8 Å². The molecule has 1 aliphatic heterocycles. The van der Waals surface area contributed by atoms with Gasteiger partial charge in [0.2, 0.25) is 0 Å². The molecule has 0 unspecified atom stereocenters. The third-order valence-corrected chi connectivity index (χ3v) is 9.24. The summed E-state index contributed by atoms with van der Waals surface area (Å²) in [5.41, 5.74) is 16.7. The Labute approximate surface area is 201 Å². The number of aryl methyl sites for hydroxylation is 1. The van der Waals surface area contributed by atoms with Gasteiger partial charge in [0.15, 0.2) is 0 Å². The first-order valence-corrected chi connectivity index (χ1v) is 12.8. The van der Waals surface area contributed by atoms with Gasteiger partial charge in [-0.1, -0.05) is 17.7 Å². The molecule has 0 saturated carbocycles. The summed E-state index contributed by atoms with van der Waals surface area (Å²) in [4.78, 5) is 2.56. The van der Waals surface area contributed by atoms with E-state index in [1.54, 1.807) is 11.1 Å². The third kappa shape index (κ3) is 4.57. The fourth-order valence-corrected chi connectivity index (χ4v) is 6.05. The topological polar surface area (TPSA) is 23.5 Å². The van der Waals surface area contributed by atoms with E-state index in [-0.39, 0.29) is 0 Å². The van der Waals surface area contributed by atoms with Crippen LogP contribution < -0.4 is 0 Å². The number of piperidine rings is 1. The average molecular weight is 446 g/mol. The number of hydrogen-bond donors (Lipinski definition) is 1. The number of benzene rings is 2. The van der Waals surface area contributed by atoms with Crippen molar-refractivity contribution in [3.8, 4) is 0 Å².